The zero-order valence-electron chi connectivity index (χ0n) is 10.1. The van der Waals surface area contributed by atoms with Crippen LogP contribution in [0.2, 0.25) is 0 Å². The fourth-order valence-electron chi connectivity index (χ4n) is 1.30. The van der Waals surface area contributed by atoms with E-state index < -0.39 is 0 Å². The van der Waals surface area contributed by atoms with Crippen molar-refractivity contribution >= 4 is 11.8 Å². The van der Waals surface area contributed by atoms with Gasteiger partial charge in [0.15, 0.2) is 0 Å². The lowest BCUT2D eigenvalue weighted by molar-refractivity contribution is 0.220. The minimum Gasteiger partial charge on any atom is -0.396 e. The monoisotopic (exact) mass is 224 g/mol. The zero-order valence-corrected chi connectivity index (χ0v) is 10.1. The summed E-state index contributed by atoms with van der Waals surface area (Å²) in [7, 11) is 1.79. The molecule has 0 amide bonds. The first-order valence-electron chi connectivity index (χ1n) is 5.43. The van der Waals surface area contributed by atoms with Gasteiger partial charge in [-0.25, -0.2) is 4.98 Å². The highest BCUT2D eigenvalue weighted by atomic mass is 16.3. The molecule has 0 bridgehead atoms. The van der Waals surface area contributed by atoms with Crippen LogP contribution in [0.1, 0.15) is 20.3 Å². The Kier molecular flexibility index (Phi) is 4.49. The van der Waals surface area contributed by atoms with Crippen molar-refractivity contribution in [2.45, 2.75) is 20.3 Å². The van der Waals surface area contributed by atoms with Crippen molar-refractivity contribution in [1.29, 1.82) is 0 Å². The fraction of sp³-hybridized carbons (Fsp3) is 0.636. The largest absolute Gasteiger partial charge is 0.396 e. The standard InChI is InChI=1S/C11H20N4O/c1-11(2,5-7-16)8-14-9-4-6-13-10(12-3)15-9/h4,6,16H,5,7-8H2,1-3H3,(H2,12,13,14,15). The maximum Gasteiger partial charge on any atom is 0.224 e. The second kappa shape index (κ2) is 5.65. The zero-order chi connectivity index (χ0) is 12.0. The number of aromatic nitrogens is 2. The summed E-state index contributed by atoms with van der Waals surface area (Å²) in [6.45, 7) is 5.20. The lowest BCUT2D eigenvalue weighted by Gasteiger charge is -2.24. The van der Waals surface area contributed by atoms with Gasteiger partial charge in [0.1, 0.15) is 5.82 Å². The molecule has 1 heterocycles. The topological polar surface area (TPSA) is 70.1 Å². The Balaban J connectivity index is 2.53. The fourth-order valence-corrected chi connectivity index (χ4v) is 1.30. The van der Waals surface area contributed by atoms with Crippen LogP contribution in [-0.2, 0) is 0 Å². The number of rotatable bonds is 6. The van der Waals surface area contributed by atoms with Gasteiger partial charge in [0.2, 0.25) is 5.95 Å². The molecule has 0 saturated heterocycles. The summed E-state index contributed by atoms with van der Waals surface area (Å²) in [5.41, 5.74) is 0.0551. The molecule has 90 valence electrons. The smallest absolute Gasteiger partial charge is 0.224 e. The normalized spacial score (nSPS) is 11.2. The van der Waals surface area contributed by atoms with E-state index in [0.717, 1.165) is 18.8 Å². The molecule has 0 radical (unpaired) electrons. The van der Waals surface area contributed by atoms with Crippen LogP contribution in [-0.4, -0.2) is 35.3 Å². The Morgan fingerprint density at radius 1 is 1.44 bits per heavy atom. The van der Waals surface area contributed by atoms with Crippen LogP contribution >= 0.6 is 0 Å². The molecular formula is C11H20N4O. The summed E-state index contributed by atoms with van der Waals surface area (Å²) in [5.74, 6) is 1.40. The second-order valence-electron chi connectivity index (χ2n) is 4.51. The third-order valence-electron chi connectivity index (χ3n) is 2.42. The van der Waals surface area contributed by atoms with Crippen molar-refractivity contribution in [3.63, 3.8) is 0 Å². The second-order valence-corrected chi connectivity index (χ2v) is 4.51. The van der Waals surface area contributed by atoms with Crippen LogP contribution in [0, 0.1) is 5.41 Å². The van der Waals surface area contributed by atoms with Crippen molar-refractivity contribution in [2.75, 3.05) is 30.8 Å². The van der Waals surface area contributed by atoms with E-state index in [-0.39, 0.29) is 12.0 Å². The third kappa shape index (κ3) is 4.02. The van der Waals surface area contributed by atoms with E-state index in [9.17, 15) is 0 Å². The highest BCUT2D eigenvalue weighted by molar-refractivity contribution is 5.39. The first-order chi connectivity index (χ1) is 7.57. The maximum absolute atomic E-state index is 8.92. The number of hydrogen-bond acceptors (Lipinski definition) is 5. The molecule has 0 fully saturated rings. The number of nitrogens with one attached hydrogen (secondary N) is 2. The van der Waals surface area contributed by atoms with Crippen LogP contribution < -0.4 is 10.6 Å². The minimum atomic E-state index is 0.0551. The summed E-state index contributed by atoms with van der Waals surface area (Å²) in [6.07, 6.45) is 2.48. The van der Waals surface area contributed by atoms with Crippen molar-refractivity contribution < 1.29 is 5.11 Å². The highest BCUT2D eigenvalue weighted by Gasteiger charge is 2.16. The van der Waals surface area contributed by atoms with Gasteiger partial charge < -0.3 is 15.7 Å². The van der Waals surface area contributed by atoms with Crippen LogP contribution in [0.4, 0.5) is 11.8 Å². The molecule has 16 heavy (non-hydrogen) atoms. The lowest BCUT2D eigenvalue weighted by atomic mass is 9.90. The summed E-state index contributed by atoms with van der Waals surface area (Å²) >= 11 is 0. The molecule has 1 aromatic heterocycles. The SMILES string of the molecule is CNc1nccc(NCC(C)(C)CCO)n1. The van der Waals surface area contributed by atoms with Crippen LogP contribution in [0.25, 0.3) is 0 Å². The number of aliphatic hydroxyl groups is 1. The van der Waals surface area contributed by atoms with E-state index in [1.807, 2.05) is 6.07 Å². The lowest BCUT2D eigenvalue weighted by Crippen LogP contribution is -2.24. The van der Waals surface area contributed by atoms with Gasteiger partial charge in [-0.05, 0) is 17.9 Å². The predicted octanol–water partition coefficient (Wildman–Crippen LogP) is 1.34. The first kappa shape index (κ1) is 12.7. The van der Waals surface area contributed by atoms with Gasteiger partial charge in [-0.1, -0.05) is 13.8 Å². The number of anilines is 2. The van der Waals surface area contributed by atoms with Gasteiger partial charge in [0.25, 0.3) is 0 Å². The maximum atomic E-state index is 8.92. The molecule has 0 spiro atoms. The molecule has 5 heteroatoms. The van der Waals surface area contributed by atoms with Gasteiger partial charge in [-0.2, -0.15) is 4.98 Å². The van der Waals surface area contributed by atoms with Crippen molar-refractivity contribution in [3.8, 4) is 0 Å². The Morgan fingerprint density at radius 2 is 2.19 bits per heavy atom. The van der Waals surface area contributed by atoms with Gasteiger partial charge in [-0.15, -0.1) is 0 Å². The summed E-state index contributed by atoms with van der Waals surface area (Å²) < 4.78 is 0. The van der Waals surface area contributed by atoms with Crippen LogP contribution in [0.5, 0.6) is 0 Å². The molecule has 0 aliphatic rings. The number of aliphatic hydroxyl groups excluding tert-OH is 1. The Bertz CT molecular complexity index is 328. The number of nitrogens with zero attached hydrogens (tertiary/aromatic N) is 2. The van der Waals surface area contributed by atoms with Gasteiger partial charge in [0, 0.05) is 26.4 Å². The Hall–Kier alpha value is -1.36. The molecule has 0 atom stereocenters. The molecule has 0 aliphatic heterocycles. The summed E-state index contributed by atoms with van der Waals surface area (Å²) in [4.78, 5) is 8.30. The highest BCUT2D eigenvalue weighted by Crippen LogP contribution is 2.20. The van der Waals surface area contributed by atoms with E-state index in [1.165, 1.54) is 0 Å². The summed E-state index contributed by atoms with van der Waals surface area (Å²) in [6, 6.07) is 1.83. The number of hydrogen-bond donors (Lipinski definition) is 3. The van der Waals surface area contributed by atoms with Crippen molar-refractivity contribution in [3.05, 3.63) is 12.3 Å². The Labute approximate surface area is 96.3 Å². The molecule has 0 aliphatic carbocycles. The average Bonchev–Trinajstić information content (AvgIpc) is 2.27. The third-order valence-corrected chi connectivity index (χ3v) is 2.42. The summed E-state index contributed by atoms with van der Waals surface area (Å²) in [5, 5.41) is 15.0. The quantitative estimate of drug-likeness (QED) is 0.680. The molecule has 0 saturated carbocycles. The molecular weight excluding hydrogens is 204 g/mol. The predicted molar refractivity (Wildman–Crippen MR) is 65.6 cm³/mol. The van der Waals surface area contributed by atoms with E-state index in [2.05, 4.69) is 34.4 Å². The van der Waals surface area contributed by atoms with E-state index in [4.69, 9.17) is 5.11 Å². The van der Waals surface area contributed by atoms with Crippen molar-refractivity contribution in [2.24, 2.45) is 5.41 Å². The van der Waals surface area contributed by atoms with Gasteiger partial charge in [0.05, 0.1) is 0 Å². The first-order valence-corrected chi connectivity index (χ1v) is 5.43. The van der Waals surface area contributed by atoms with Crippen LogP contribution in [0.15, 0.2) is 12.3 Å². The molecule has 5 nitrogen and oxygen atoms in total. The van der Waals surface area contributed by atoms with Crippen molar-refractivity contribution in [1.82, 2.24) is 9.97 Å². The van der Waals surface area contributed by atoms with E-state index in [0.29, 0.717) is 5.95 Å². The molecule has 1 aromatic rings. The minimum absolute atomic E-state index is 0.0551. The molecule has 0 unspecified atom stereocenters. The van der Waals surface area contributed by atoms with Gasteiger partial charge in [-0.3, -0.25) is 0 Å². The average molecular weight is 224 g/mol. The molecule has 0 aromatic carbocycles. The Morgan fingerprint density at radius 3 is 2.81 bits per heavy atom. The van der Waals surface area contributed by atoms with E-state index >= 15 is 0 Å². The molecule has 1 rings (SSSR count). The van der Waals surface area contributed by atoms with Gasteiger partial charge >= 0.3 is 0 Å². The van der Waals surface area contributed by atoms with Crippen LogP contribution in [0.3, 0.4) is 0 Å². The molecule has 3 N–H and O–H groups in total. The van der Waals surface area contributed by atoms with E-state index in [1.54, 1.807) is 13.2 Å².